The molecule has 149 heavy (non-hydrogen) atoms. The van der Waals surface area contributed by atoms with Gasteiger partial charge in [-0.2, -0.15) is 369 Å². The molecule has 105 heteroatoms. The predicted octanol–water partition coefficient (Wildman–Crippen LogP) is 27.8. The number of hydrogen-bond acceptors (Lipinski definition) is 15. The Kier molecular flexibility index (Phi) is 35.7. The zero-order valence-electron chi connectivity index (χ0n) is 62.1. The van der Waals surface area contributed by atoms with Crippen molar-refractivity contribution in [3.05, 3.63) is 0 Å². The Balaban J connectivity index is 7.41. The molecular weight excluding hydrogens is 2480 g/mol. The maximum absolute atomic E-state index is 14.2. The summed E-state index contributed by atoms with van der Waals surface area (Å²) in [7, 11) is 0. The van der Waals surface area contributed by atoms with E-state index in [1.165, 1.54) is 0 Å². The van der Waals surface area contributed by atoms with E-state index in [2.05, 4.69) is 0 Å². The topological polar surface area (TPSA) is 138 Å². The summed E-state index contributed by atoms with van der Waals surface area (Å²) < 4.78 is 1250. The van der Waals surface area contributed by atoms with E-state index in [1.54, 1.807) is 0 Å². The smallest absolute Gasteiger partial charge is 0.245 e. The molecule has 0 spiro atoms. The lowest BCUT2D eigenvalue weighted by Gasteiger charge is -2.41. The van der Waals surface area contributed by atoms with Crippen molar-refractivity contribution in [3.63, 3.8) is 0 Å². The van der Waals surface area contributed by atoms with E-state index in [-0.39, 0.29) is 0 Å². The molecule has 0 N–H and O–H groups in total. The maximum atomic E-state index is 14.2. The highest BCUT2D eigenvalue weighted by molar-refractivity contribution is 5.04. The molecule has 0 unspecified atom stereocenters. The molecule has 896 valence electrons. The third-order valence-corrected chi connectivity index (χ3v) is 14.1. The van der Waals surface area contributed by atoms with Crippen LogP contribution in [0.4, 0.5) is 395 Å². The number of alkyl halides is 90. The first-order valence-electron chi connectivity index (χ1n) is 30.1. The quantitative estimate of drug-likeness (QED) is 0.0534. The SMILES string of the molecule is FC(F)(F)OC(F)(F)C(F)(F)C(F)(F)OC(F)(F)C(F)(F)C(F)(F)OC(F)(F)C(F)(F)C(F)(F)OC(F)(F)C(F)(F)C(F)(F)OC(F)(F)C(F)(F)C(F)(F)OC(F)(F)C(F)(F)C(F)(F)OC(F)(F)C(F)(F)C(F)(F)OC(F)(F)C(F)(F)C(F)(F)OC(F)(F)C(F)(F)C(F)(F)OC(F)(F)C(F)(F)C(F)(F)OC(F)(F)C(F)(F)C(F)(F)OC(F)(F)C(F)(F)C(F)(F)OC(F)(F)C(F)(F)C(F)(F)OC(F)(F)C(F)(F)C(F)(F)OC(F)(F)F. The fraction of sp³-hybridized carbons (Fsp3) is 1.00. The standard InChI is InChI=1S/C44F90O15/c45-1(46,17(77,78)136-19(81,82)3(49,50)21(85,86)138-23(89,90)5(53,54)25(93,94)140-27(97,98)7(57,58)29(101,102)142-31(105,106)9(61,62)33(109,110)144-35(113,114)11(65,66)37(117,118)146-39(121,122)13(69,70)41(125,126)148-43(129,130)131)15(73,74)135-16(75,76)2(47,48)18(79,80)137-20(83,84)4(51,52)22(87,88)139-24(91,92)6(55,56)26(95,96)141-28(99,100)8(59,60)30(103,104)143-32(107,108)10(63,64)34(111,112)145-36(115,116)12(67,68)38(119,120)147-40(123,124)14(71,72)42(127,128)149-44(132,133)134. The molecule has 15 nitrogen and oxygen atoms in total. The van der Waals surface area contributed by atoms with Crippen LogP contribution in [0.1, 0.15) is 0 Å². The summed E-state index contributed by atoms with van der Waals surface area (Å²) in [5.74, 6) is -136. The highest BCUT2D eigenvalue weighted by Crippen LogP contribution is 2.69. The van der Waals surface area contributed by atoms with Crippen LogP contribution in [0.5, 0.6) is 0 Å². The van der Waals surface area contributed by atoms with Crippen molar-refractivity contribution in [2.24, 2.45) is 0 Å². The van der Waals surface area contributed by atoms with Crippen molar-refractivity contribution in [2.45, 2.75) is 267 Å². The van der Waals surface area contributed by atoms with Crippen LogP contribution < -0.4 is 0 Å². The molecule has 0 aliphatic rings. The second-order valence-electron chi connectivity index (χ2n) is 24.9. The van der Waals surface area contributed by atoms with Crippen molar-refractivity contribution >= 4 is 0 Å². The number of ether oxygens (including phenoxy) is 15. The molecule has 0 aromatic carbocycles. The van der Waals surface area contributed by atoms with Crippen molar-refractivity contribution in [2.75, 3.05) is 0 Å². The molecular formula is C44F90O15. The van der Waals surface area contributed by atoms with E-state index < -0.39 is 267 Å². The highest BCUT2D eigenvalue weighted by atomic mass is 19.5. The maximum Gasteiger partial charge on any atom is 0.527 e. The molecule has 0 rings (SSSR count). The zero-order valence-corrected chi connectivity index (χ0v) is 62.1. The first-order valence-corrected chi connectivity index (χ1v) is 30.1. The van der Waals surface area contributed by atoms with Gasteiger partial charge in [-0.25, -0.2) is 71.1 Å². The minimum Gasteiger partial charge on any atom is -0.245 e. The Morgan fingerprint density at radius 3 is 0.121 bits per heavy atom. The first-order chi connectivity index (χ1) is 62.6. The fourth-order valence-electron chi connectivity index (χ4n) is 6.55. The number of hydrogen-bond donors (Lipinski definition) is 0. The average Bonchev–Trinajstić information content (AvgIpc) is 0.716. The first kappa shape index (κ1) is 142. The van der Waals surface area contributed by atoms with Gasteiger partial charge in [-0.05, 0) is 0 Å². The second-order valence-corrected chi connectivity index (χ2v) is 24.9. The van der Waals surface area contributed by atoms with E-state index in [0.29, 0.717) is 61.6 Å². The zero-order chi connectivity index (χ0) is 123. The molecule has 0 fully saturated rings. The van der Waals surface area contributed by atoms with Gasteiger partial charge >= 0.3 is 267 Å². The van der Waals surface area contributed by atoms with Crippen LogP contribution in [-0.4, -0.2) is 267 Å². The normalized spacial score (nSPS) is 17.2. The molecule has 0 amide bonds. The van der Waals surface area contributed by atoms with Crippen molar-refractivity contribution in [3.8, 4) is 0 Å². The minimum atomic E-state index is -10.1. The van der Waals surface area contributed by atoms with Gasteiger partial charge in [-0.3, -0.25) is 0 Å². The van der Waals surface area contributed by atoms with E-state index in [0.717, 1.165) is 9.47 Å². The van der Waals surface area contributed by atoms with Gasteiger partial charge in [0.2, 0.25) is 0 Å². The van der Waals surface area contributed by atoms with Crippen LogP contribution >= 0.6 is 0 Å². The molecule has 0 atom stereocenters. The number of halogens is 90. The van der Waals surface area contributed by atoms with Crippen LogP contribution in [0.3, 0.4) is 0 Å². The van der Waals surface area contributed by atoms with Crippen LogP contribution in [0.25, 0.3) is 0 Å². The minimum absolute atomic E-state index is 0.319. The molecule has 0 aromatic heterocycles. The van der Waals surface area contributed by atoms with Crippen molar-refractivity contribution in [1.29, 1.82) is 0 Å². The van der Waals surface area contributed by atoms with Crippen molar-refractivity contribution < 1.29 is 466 Å². The molecule has 0 aliphatic carbocycles. The molecule has 0 aromatic rings. The lowest BCUT2D eigenvalue weighted by atomic mass is 10.2. The third kappa shape index (κ3) is 24.3. The van der Waals surface area contributed by atoms with Crippen molar-refractivity contribution in [1.82, 2.24) is 0 Å². The largest absolute Gasteiger partial charge is 0.527 e. The molecule has 0 bridgehead atoms. The van der Waals surface area contributed by atoms with Gasteiger partial charge in [0.15, 0.2) is 0 Å². The third-order valence-electron chi connectivity index (χ3n) is 14.1. The van der Waals surface area contributed by atoms with Gasteiger partial charge < -0.3 is 0 Å². The Bertz CT molecular complexity index is 4050. The van der Waals surface area contributed by atoms with E-state index in [4.69, 9.17) is 0 Å². The predicted molar refractivity (Wildman–Crippen MR) is 236 cm³/mol. The molecule has 0 aliphatic heterocycles. The van der Waals surface area contributed by atoms with Gasteiger partial charge in [0.1, 0.15) is 0 Å². The Morgan fingerprint density at radius 2 is 0.0872 bits per heavy atom. The number of rotatable bonds is 56. The van der Waals surface area contributed by atoms with Crippen LogP contribution in [0.2, 0.25) is 0 Å². The summed E-state index contributed by atoms with van der Waals surface area (Å²) in [4.78, 5) is 0. The Hall–Kier alpha value is -6.90. The molecule has 0 saturated carbocycles. The average molecular weight is 2480 g/mol. The van der Waals surface area contributed by atoms with E-state index >= 15 is 0 Å². The highest BCUT2D eigenvalue weighted by Gasteiger charge is 2.97. The van der Waals surface area contributed by atoms with E-state index in [1.807, 2.05) is 0 Å². The summed E-state index contributed by atoms with van der Waals surface area (Å²) in [6.07, 6.45) is -282. The summed E-state index contributed by atoms with van der Waals surface area (Å²) >= 11 is 0. The van der Waals surface area contributed by atoms with Gasteiger partial charge in [-0.15, -0.1) is 26.3 Å². The van der Waals surface area contributed by atoms with Gasteiger partial charge in [0, 0.05) is 0 Å². The van der Waals surface area contributed by atoms with Crippen LogP contribution in [0, 0.1) is 0 Å². The summed E-state index contributed by atoms with van der Waals surface area (Å²) in [5, 5.41) is 0. The lowest BCUT2D eigenvalue weighted by molar-refractivity contribution is -0.578. The van der Waals surface area contributed by atoms with Crippen LogP contribution in [0.15, 0.2) is 0 Å². The monoisotopic (exact) mass is 2480 g/mol. The summed E-state index contributed by atoms with van der Waals surface area (Å²) in [6, 6.07) is 0. The van der Waals surface area contributed by atoms with Crippen LogP contribution in [-0.2, 0) is 71.1 Å². The molecule has 0 saturated heterocycles. The van der Waals surface area contributed by atoms with Gasteiger partial charge in [-0.1, -0.05) is 0 Å². The van der Waals surface area contributed by atoms with Gasteiger partial charge in [0.05, 0.1) is 0 Å². The fourth-order valence-corrected chi connectivity index (χ4v) is 6.55. The molecule has 0 heterocycles. The Morgan fingerprint density at radius 1 is 0.0537 bits per heavy atom. The second kappa shape index (κ2) is 37.4. The van der Waals surface area contributed by atoms with E-state index in [9.17, 15) is 395 Å². The Labute approximate surface area is 734 Å². The summed E-state index contributed by atoms with van der Waals surface area (Å²) in [6.45, 7) is 0. The summed E-state index contributed by atoms with van der Waals surface area (Å²) in [5.41, 5.74) is 0. The van der Waals surface area contributed by atoms with Gasteiger partial charge in [0.25, 0.3) is 0 Å². The lowest BCUT2D eigenvalue weighted by Crippen LogP contribution is -2.69. The molecule has 0 radical (unpaired) electrons.